The molecule has 172 valence electrons. The highest BCUT2D eigenvalue weighted by molar-refractivity contribution is 5.84. The van der Waals surface area contributed by atoms with Gasteiger partial charge >= 0.3 is 12.1 Å². The Hall–Kier alpha value is -3.22. The van der Waals surface area contributed by atoms with E-state index in [1.165, 1.54) is 12.0 Å². The Balaban J connectivity index is 1.70. The molecule has 0 bridgehead atoms. The van der Waals surface area contributed by atoms with E-state index >= 15 is 0 Å². The van der Waals surface area contributed by atoms with E-state index in [-0.39, 0.29) is 5.92 Å². The van der Waals surface area contributed by atoms with Crippen LogP contribution >= 0.6 is 0 Å². The smallest absolute Gasteiger partial charge is 0.410 e. The summed E-state index contributed by atoms with van der Waals surface area (Å²) < 4.78 is 21.6. The Bertz CT molecular complexity index is 942. The summed E-state index contributed by atoms with van der Waals surface area (Å²) in [6, 6.07) is 12.7. The van der Waals surface area contributed by atoms with Gasteiger partial charge in [0.25, 0.3) is 0 Å². The number of carbonyl (C=O) groups is 2. The molecule has 0 fully saturated rings. The van der Waals surface area contributed by atoms with Crippen molar-refractivity contribution >= 4 is 12.1 Å². The van der Waals surface area contributed by atoms with Gasteiger partial charge in [0.1, 0.15) is 11.5 Å². The van der Waals surface area contributed by atoms with Crippen LogP contribution in [0, 0.1) is 5.92 Å². The number of nitrogens with zero attached hydrogens (tertiary/aromatic N) is 1. The molecule has 2 aromatic carbocycles. The molecule has 1 aliphatic heterocycles. The zero-order chi connectivity index (χ0) is 23.1. The van der Waals surface area contributed by atoms with Crippen LogP contribution in [0.2, 0.25) is 0 Å². The SMILES string of the molecule is COC(=O)C1c2ccc(OCCc3cccc(OC)c3)cc2CCN1C(=O)OCC(C)C. The average molecular weight is 442 g/mol. The predicted molar refractivity (Wildman–Crippen MR) is 120 cm³/mol. The number of ether oxygens (including phenoxy) is 4. The van der Waals surface area contributed by atoms with E-state index in [9.17, 15) is 9.59 Å². The third kappa shape index (κ3) is 5.72. The molecule has 0 saturated carbocycles. The van der Waals surface area contributed by atoms with Gasteiger partial charge in [-0.2, -0.15) is 0 Å². The van der Waals surface area contributed by atoms with Crippen LogP contribution in [0.25, 0.3) is 0 Å². The van der Waals surface area contributed by atoms with Crippen molar-refractivity contribution in [3.8, 4) is 11.5 Å². The molecule has 7 nitrogen and oxygen atoms in total. The maximum Gasteiger partial charge on any atom is 0.410 e. The molecule has 3 rings (SSSR count). The molecule has 0 radical (unpaired) electrons. The van der Waals surface area contributed by atoms with E-state index in [0.29, 0.717) is 26.2 Å². The van der Waals surface area contributed by atoms with Gasteiger partial charge < -0.3 is 18.9 Å². The van der Waals surface area contributed by atoms with Crippen molar-refractivity contribution in [3.05, 3.63) is 59.2 Å². The lowest BCUT2D eigenvalue weighted by Gasteiger charge is -2.35. The fourth-order valence-corrected chi connectivity index (χ4v) is 3.69. The largest absolute Gasteiger partial charge is 0.497 e. The number of rotatable bonds is 8. The Kier molecular flexibility index (Phi) is 7.98. The van der Waals surface area contributed by atoms with E-state index in [2.05, 4.69) is 0 Å². The first-order valence-corrected chi connectivity index (χ1v) is 10.8. The summed E-state index contributed by atoms with van der Waals surface area (Å²) in [5.41, 5.74) is 2.83. The van der Waals surface area contributed by atoms with Crippen molar-refractivity contribution in [1.29, 1.82) is 0 Å². The molecule has 0 spiro atoms. The second-order valence-corrected chi connectivity index (χ2v) is 8.15. The summed E-state index contributed by atoms with van der Waals surface area (Å²) in [6.07, 6.45) is 0.847. The highest BCUT2D eigenvalue weighted by atomic mass is 16.6. The van der Waals surface area contributed by atoms with E-state index in [0.717, 1.165) is 34.6 Å². The molecule has 1 unspecified atom stereocenters. The Morgan fingerprint density at radius 1 is 1.09 bits per heavy atom. The summed E-state index contributed by atoms with van der Waals surface area (Å²) in [5, 5.41) is 0. The number of hydrogen-bond acceptors (Lipinski definition) is 6. The average Bonchev–Trinajstić information content (AvgIpc) is 2.81. The van der Waals surface area contributed by atoms with Gasteiger partial charge in [-0.25, -0.2) is 9.59 Å². The lowest BCUT2D eigenvalue weighted by atomic mass is 9.92. The lowest BCUT2D eigenvalue weighted by Crippen LogP contribution is -2.44. The number of methoxy groups -OCH3 is 2. The van der Waals surface area contributed by atoms with Crippen molar-refractivity contribution in [1.82, 2.24) is 4.90 Å². The second-order valence-electron chi connectivity index (χ2n) is 8.15. The Labute approximate surface area is 189 Å². The monoisotopic (exact) mass is 441 g/mol. The summed E-state index contributed by atoms with van der Waals surface area (Å²) in [4.78, 5) is 26.6. The van der Waals surface area contributed by atoms with Gasteiger partial charge in [0.2, 0.25) is 0 Å². The van der Waals surface area contributed by atoms with Crippen molar-refractivity contribution in [2.45, 2.75) is 32.7 Å². The molecular weight excluding hydrogens is 410 g/mol. The minimum atomic E-state index is -0.825. The first-order valence-electron chi connectivity index (χ1n) is 10.8. The van der Waals surface area contributed by atoms with Gasteiger partial charge in [-0.05, 0) is 53.3 Å². The molecule has 32 heavy (non-hydrogen) atoms. The maximum absolute atomic E-state index is 12.6. The number of benzene rings is 2. The van der Waals surface area contributed by atoms with Crippen LogP contribution in [-0.2, 0) is 27.1 Å². The van der Waals surface area contributed by atoms with Gasteiger partial charge in [-0.1, -0.05) is 32.0 Å². The van der Waals surface area contributed by atoms with Crippen LogP contribution in [0.3, 0.4) is 0 Å². The first-order chi connectivity index (χ1) is 15.4. The van der Waals surface area contributed by atoms with E-state index in [1.807, 2.05) is 56.3 Å². The Morgan fingerprint density at radius 3 is 2.62 bits per heavy atom. The molecule has 1 aliphatic rings. The van der Waals surface area contributed by atoms with Crippen LogP contribution < -0.4 is 9.47 Å². The number of carbonyl (C=O) groups excluding carboxylic acids is 2. The van der Waals surface area contributed by atoms with Crippen LogP contribution in [0.5, 0.6) is 11.5 Å². The van der Waals surface area contributed by atoms with Crippen molar-refractivity contribution in [3.63, 3.8) is 0 Å². The highest BCUT2D eigenvalue weighted by Crippen LogP contribution is 2.33. The summed E-state index contributed by atoms with van der Waals surface area (Å²) >= 11 is 0. The quantitative estimate of drug-likeness (QED) is 0.572. The van der Waals surface area contributed by atoms with Gasteiger partial charge in [0, 0.05) is 13.0 Å². The van der Waals surface area contributed by atoms with Crippen LogP contribution in [0.15, 0.2) is 42.5 Å². The van der Waals surface area contributed by atoms with Crippen molar-refractivity contribution in [2.24, 2.45) is 5.92 Å². The normalized spacial score (nSPS) is 15.2. The van der Waals surface area contributed by atoms with E-state index < -0.39 is 18.1 Å². The number of hydrogen-bond donors (Lipinski definition) is 0. The molecule has 0 aliphatic carbocycles. The molecule has 0 saturated heterocycles. The van der Waals surface area contributed by atoms with Gasteiger partial charge in [0.05, 0.1) is 27.4 Å². The van der Waals surface area contributed by atoms with Crippen LogP contribution in [0.1, 0.15) is 36.6 Å². The molecular formula is C25H31NO6. The topological polar surface area (TPSA) is 74.3 Å². The van der Waals surface area contributed by atoms with Crippen molar-refractivity contribution in [2.75, 3.05) is 34.0 Å². The zero-order valence-electron chi connectivity index (χ0n) is 19.1. The van der Waals surface area contributed by atoms with E-state index in [1.54, 1.807) is 7.11 Å². The van der Waals surface area contributed by atoms with E-state index in [4.69, 9.17) is 18.9 Å². The number of fused-ring (bicyclic) bond motifs is 1. The fourth-order valence-electron chi connectivity index (χ4n) is 3.69. The predicted octanol–water partition coefficient (Wildman–Crippen LogP) is 4.18. The van der Waals surface area contributed by atoms with Crippen LogP contribution in [0.4, 0.5) is 4.79 Å². The van der Waals surface area contributed by atoms with Crippen LogP contribution in [-0.4, -0.2) is 50.9 Å². The highest BCUT2D eigenvalue weighted by Gasteiger charge is 2.37. The third-order valence-corrected chi connectivity index (χ3v) is 5.34. The van der Waals surface area contributed by atoms with Gasteiger partial charge in [0.15, 0.2) is 6.04 Å². The second kappa shape index (κ2) is 10.9. The van der Waals surface area contributed by atoms with Crippen molar-refractivity contribution < 1.29 is 28.5 Å². The third-order valence-electron chi connectivity index (χ3n) is 5.34. The molecule has 7 heteroatoms. The number of amides is 1. The minimum absolute atomic E-state index is 0.212. The molecule has 1 atom stereocenters. The standard InChI is InChI=1S/C25H31NO6/c1-17(2)16-32-25(28)26-12-10-19-15-21(8-9-22(19)23(26)24(27)30-4)31-13-11-18-6-5-7-20(14-18)29-3/h5-9,14-15,17,23H,10-13,16H2,1-4H3. The van der Waals surface area contributed by atoms with Gasteiger partial charge in [-0.3, -0.25) is 4.90 Å². The summed E-state index contributed by atoms with van der Waals surface area (Å²) in [5.74, 6) is 1.27. The molecule has 0 aromatic heterocycles. The summed E-state index contributed by atoms with van der Waals surface area (Å²) in [7, 11) is 2.97. The van der Waals surface area contributed by atoms with Gasteiger partial charge in [-0.15, -0.1) is 0 Å². The summed E-state index contributed by atoms with van der Waals surface area (Å²) in [6.45, 7) is 5.12. The number of esters is 1. The maximum atomic E-state index is 12.6. The lowest BCUT2D eigenvalue weighted by molar-refractivity contribution is -0.147. The molecule has 1 heterocycles. The molecule has 2 aromatic rings. The zero-order valence-corrected chi connectivity index (χ0v) is 19.1. The molecule has 1 amide bonds. The fraction of sp³-hybridized carbons (Fsp3) is 0.440. The Morgan fingerprint density at radius 2 is 1.91 bits per heavy atom. The first kappa shape index (κ1) is 23.4. The minimum Gasteiger partial charge on any atom is -0.497 e. The molecule has 0 N–H and O–H groups in total.